The van der Waals surface area contributed by atoms with E-state index in [1.54, 1.807) is 18.2 Å². The highest BCUT2D eigenvalue weighted by Gasteiger charge is 2.62. The van der Waals surface area contributed by atoms with Crippen LogP contribution >= 0.6 is 15.9 Å². The summed E-state index contributed by atoms with van der Waals surface area (Å²) in [5.41, 5.74) is 5.27. The summed E-state index contributed by atoms with van der Waals surface area (Å²) in [6, 6.07) is 5.16. The van der Waals surface area contributed by atoms with Crippen LogP contribution < -0.4 is 11.1 Å². The second-order valence-electron chi connectivity index (χ2n) is 4.29. The molecule has 1 saturated carbocycles. The molecule has 0 saturated heterocycles. The predicted molar refractivity (Wildman–Crippen MR) is 63.4 cm³/mol. The van der Waals surface area contributed by atoms with E-state index in [0.717, 1.165) is 10.0 Å². The van der Waals surface area contributed by atoms with Gasteiger partial charge in [0.15, 0.2) is 0 Å². The molecule has 6 heteroatoms. The molecule has 2 nitrogen and oxygen atoms in total. The van der Waals surface area contributed by atoms with Crippen LogP contribution in [0, 0.1) is 0 Å². The molecule has 0 amide bonds. The molecule has 0 bridgehead atoms. The van der Waals surface area contributed by atoms with Gasteiger partial charge in [-0.25, -0.2) is 0 Å². The van der Waals surface area contributed by atoms with Crippen LogP contribution in [0.25, 0.3) is 0 Å². The molecule has 17 heavy (non-hydrogen) atoms. The Hall–Kier alpha value is -0.750. The molecule has 1 aliphatic rings. The van der Waals surface area contributed by atoms with Crippen molar-refractivity contribution in [2.75, 3.05) is 5.73 Å². The van der Waals surface area contributed by atoms with Crippen LogP contribution in [0.4, 0.5) is 18.9 Å². The Morgan fingerprint density at radius 3 is 2.47 bits per heavy atom. The average molecular weight is 309 g/mol. The van der Waals surface area contributed by atoms with E-state index >= 15 is 0 Å². The van der Waals surface area contributed by atoms with Crippen molar-refractivity contribution in [3.05, 3.63) is 28.2 Å². The minimum absolute atomic E-state index is 0.155. The highest BCUT2D eigenvalue weighted by Crippen LogP contribution is 2.49. The SMILES string of the molecule is Nc1cc(CNC2(C(F)(F)F)CC2)ccc1Br. The molecule has 1 aliphatic carbocycles. The van der Waals surface area contributed by atoms with Gasteiger partial charge in [-0.3, -0.25) is 5.32 Å². The van der Waals surface area contributed by atoms with Crippen LogP contribution in [-0.2, 0) is 6.54 Å². The van der Waals surface area contributed by atoms with E-state index in [9.17, 15) is 13.2 Å². The zero-order chi connectivity index (χ0) is 12.7. The molecule has 0 spiro atoms. The van der Waals surface area contributed by atoms with Crippen molar-refractivity contribution in [2.45, 2.75) is 31.1 Å². The smallest absolute Gasteiger partial charge is 0.398 e. The van der Waals surface area contributed by atoms with Gasteiger partial charge in [-0.2, -0.15) is 13.2 Å². The summed E-state index contributed by atoms with van der Waals surface area (Å²) in [7, 11) is 0. The highest BCUT2D eigenvalue weighted by atomic mass is 79.9. The maximum atomic E-state index is 12.6. The molecular formula is C11H12BrF3N2. The van der Waals surface area contributed by atoms with Gasteiger partial charge in [-0.05, 0) is 46.5 Å². The van der Waals surface area contributed by atoms with E-state index in [1.807, 2.05) is 0 Å². The fourth-order valence-corrected chi connectivity index (χ4v) is 1.91. The molecule has 1 fully saturated rings. The number of rotatable bonds is 3. The largest absolute Gasteiger partial charge is 0.406 e. The third-order valence-corrected chi connectivity index (χ3v) is 3.71. The Labute approximate surface area is 106 Å². The third-order valence-electron chi connectivity index (χ3n) is 2.98. The second kappa shape index (κ2) is 4.17. The monoisotopic (exact) mass is 308 g/mol. The molecule has 2 rings (SSSR count). The molecule has 0 aliphatic heterocycles. The standard InChI is InChI=1S/C11H12BrF3N2/c12-8-2-1-7(5-9(8)16)6-17-10(3-4-10)11(13,14)15/h1-2,5,17H,3-4,6,16H2. The number of benzene rings is 1. The zero-order valence-electron chi connectivity index (χ0n) is 8.94. The first-order valence-electron chi connectivity index (χ1n) is 5.20. The number of nitrogens with two attached hydrogens (primary N) is 1. The summed E-state index contributed by atoms with van der Waals surface area (Å²) in [6.07, 6.45) is -3.86. The van der Waals surface area contributed by atoms with Gasteiger partial charge < -0.3 is 5.73 Å². The lowest BCUT2D eigenvalue weighted by atomic mass is 10.1. The summed E-state index contributed by atoms with van der Waals surface area (Å²) in [6.45, 7) is 0.178. The molecule has 0 unspecified atom stereocenters. The number of alkyl halides is 3. The van der Waals surface area contributed by atoms with Gasteiger partial charge in [0.2, 0.25) is 0 Å². The maximum absolute atomic E-state index is 12.6. The van der Waals surface area contributed by atoms with Crippen LogP contribution in [0.1, 0.15) is 18.4 Å². The Bertz CT molecular complexity index is 427. The van der Waals surface area contributed by atoms with Gasteiger partial charge >= 0.3 is 6.18 Å². The molecule has 0 heterocycles. The molecule has 94 valence electrons. The van der Waals surface area contributed by atoms with Crippen LogP contribution in [0.2, 0.25) is 0 Å². The first kappa shape index (κ1) is 12.7. The third kappa shape index (κ3) is 2.57. The van der Waals surface area contributed by atoms with Crippen LogP contribution in [0.3, 0.4) is 0 Å². The molecule has 0 atom stereocenters. The number of nitrogen functional groups attached to an aromatic ring is 1. The Morgan fingerprint density at radius 2 is 2.00 bits per heavy atom. The minimum Gasteiger partial charge on any atom is -0.398 e. The summed E-state index contributed by atoms with van der Waals surface area (Å²) in [5, 5.41) is 2.58. The quantitative estimate of drug-likeness (QED) is 0.842. The number of nitrogens with one attached hydrogen (secondary N) is 1. The number of hydrogen-bond acceptors (Lipinski definition) is 2. The van der Waals surface area contributed by atoms with E-state index < -0.39 is 11.7 Å². The van der Waals surface area contributed by atoms with E-state index in [4.69, 9.17) is 5.73 Å². The van der Waals surface area contributed by atoms with Crippen molar-refractivity contribution in [2.24, 2.45) is 0 Å². The predicted octanol–water partition coefficient (Wildman–Crippen LogP) is 3.22. The lowest BCUT2D eigenvalue weighted by Crippen LogP contribution is -2.44. The van der Waals surface area contributed by atoms with Crippen molar-refractivity contribution in [1.82, 2.24) is 5.32 Å². The summed E-state index contributed by atoms with van der Waals surface area (Å²) < 4.78 is 38.7. The minimum atomic E-state index is -4.17. The number of anilines is 1. The van der Waals surface area contributed by atoms with Crippen molar-refractivity contribution < 1.29 is 13.2 Å². The van der Waals surface area contributed by atoms with E-state index in [0.29, 0.717) is 5.69 Å². The molecule has 1 aromatic rings. The van der Waals surface area contributed by atoms with Gasteiger partial charge in [-0.1, -0.05) is 6.07 Å². The normalized spacial score (nSPS) is 18.1. The number of halogens is 4. The van der Waals surface area contributed by atoms with Gasteiger partial charge in [0.05, 0.1) is 0 Å². The van der Waals surface area contributed by atoms with Crippen LogP contribution in [0.15, 0.2) is 22.7 Å². The lowest BCUT2D eigenvalue weighted by molar-refractivity contribution is -0.166. The molecular weight excluding hydrogens is 297 g/mol. The fraction of sp³-hybridized carbons (Fsp3) is 0.455. The van der Waals surface area contributed by atoms with Crippen molar-refractivity contribution in [1.29, 1.82) is 0 Å². The van der Waals surface area contributed by atoms with Gasteiger partial charge in [0.1, 0.15) is 5.54 Å². The lowest BCUT2D eigenvalue weighted by Gasteiger charge is -2.20. The Kier molecular flexibility index (Phi) is 3.12. The first-order valence-corrected chi connectivity index (χ1v) is 5.99. The molecule has 1 aromatic carbocycles. The zero-order valence-corrected chi connectivity index (χ0v) is 10.5. The Balaban J connectivity index is 2.01. The molecule has 0 radical (unpaired) electrons. The summed E-state index contributed by atoms with van der Waals surface area (Å²) in [4.78, 5) is 0. The Morgan fingerprint density at radius 1 is 1.35 bits per heavy atom. The van der Waals surface area contributed by atoms with Gasteiger partial charge in [0.25, 0.3) is 0 Å². The van der Waals surface area contributed by atoms with Crippen LogP contribution in [-0.4, -0.2) is 11.7 Å². The second-order valence-corrected chi connectivity index (χ2v) is 5.14. The fourth-order valence-electron chi connectivity index (χ4n) is 1.66. The summed E-state index contributed by atoms with van der Waals surface area (Å²) >= 11 is 3.24. The molecule has 0 aromatic heterocycles. The number of hydrogen-bond donors (Lipinski definition) is 2. The van der Waals surface area contributed by atoms with E-state index in [1.165, 1.54) is 0 Å². The van der Waals surface area contributed by atoms with E-state index in [2.05, 4.69) is 21.2 Å². The van der Waals surface area contributed by atoms with E-state index in [-0.39, 0.29) is 19.4 Å². The van der Waals surface area contributed by atoms with Crippen molar-refractivity contribution >= 4 is 21.6 Å². The summed E-state index contributed by atoms with van der Waals surface area (Å²) in [5.74, 6) is 0. The van der Waals surface area contributed by atoms with Crippen LogP contribution in [0.5, 0.6) is 0 Å². The van der Waals surface area contributed by atoms with Crippen molar-refractivity contribution in [3.63, 3.8) is 0 Å². The van der Waals surface area contributed by atoms with Gasteiger partial charge in [-0.15, -0.1) is 0 Å². The molecule has 3 N–H and O–H groups in total. The average Bonchev–Trinajstić information content (AvgIpc) is 3.00. The first-order chi connectivity index (χ1) is 7.84. The highest BCUT2D eigenvalue weighted by molar-refractivity contribution is 9.10. The van der Waals surface area contributed by atoms with Gasteiger partial charge in [0, 0.05) is 16.7 Å². The topological polar surface area (TPSA) is 38.0 Å². The van der Waals surface area contributed by atoms with Crippen molar-refractivity contribution in [3.8, 4) is 0 Å². The maximum Gasteiger partial charge on any atom is 0.406 e.